The summed E-state index contributed by atoms with van der Waals surface area (Å²) in [7, 11) is 0. The van der Waals surface area contributed by atoms with Crippen LogP contribution in [-0.2, 0) is 19.2 Å². The van der Waals surface area contributed by atoms with Gasteiger partial charge in [0.15, 0.2) is 0 Å². The number of hydrogen-bond acceptors (Lipinski definition) is 5. The van der Waals surface area contributed by atoms with Crippen molar-refractivity contribution < 1.29 is 24.5 Å². The van der Waals surface area contributed by atoms with Crippen LogP contribution in [0.3, 0.4) is 0 Å². The van der Waals surface area contributed by atoms with Gasteiger partial charge in [0.25, 0.3) is 0 Å². The summed E-state index contributed by atoms with van der Waals surface area (Å²) >= 11 is 0. The molecule has 0 aromatic rings. The van der Waals surface area contributed by atoms with Crippen molar-refractivity contribution in [3.63, 3.8) is 0 Å². The lowest BCUT2D eigenvalue weighted by Gasteiger charge is -2.63. The predicted molar refractivity (Wildman–Crippen MR) is 134 cm³/mol. The maximum atomic E-state index is 13.0. The average Bonchev–Trinajstić information content (AvgIpc) is 3.20. The van der Waals surface area contributed by atoms with E-state index >= 15 is 0 Å². The molecule has 0 radical (unpaired) electrons. The van der Waals surface area contributed by atoms with Crippen LogP contribution in [0.5, 0.6) is 0 Å². The van der Waals surface area contributed by atoms with E-state index in [2.05, 4.69) is 52.2 Å². The number of allylic oxidation sites excluding steroid dienone is 2. The number of rotatable bonds is 5. The molecule has 0 bridgehead atoms. The van der Waals surface area contributed by atoms with Crippen LogP contribution in [0.25, 0.3) is 0 Å². The molecule has 0 aromatic carbocycles. The largest absolute Gasteiger partial charge is 0.462 e. The summed E-state index contributed by atoms with van der Waals surface area (Å²) in [5, 5.41) is 9.30. The molecule has 0 unspecified atom stereocenters. The van der Waals surface area contributed by atoms with Crippen LogP contribution < -0.4 is 0 Å². The van der Waals surface area contributed by atoms with Crippen molar-refractivity contribution in [2.24, 2.45) is 45.3 Å². The molecule has 5 heteroatoms. The van der Waals surface area contributed by atoms with Gasteiger partial charge in [0.05, 0.1) is 5.92 Å². The zero-order valence-electron chi connectivity index (χ0n) is 22.5. The third kappa shape index (κ3) is 3.26. The number of carbonyl (C=O) groups is 2. The molecule has 35 heavy (non-hydrogen) atoms. The first-order valence-electron chi connectivity index (χ1n) is 13.7. The molecule has 5 aliphatic rings. The lowest BCUT2D eigenvalue weighted by atomic mass is 9.41. The van der Waals surface area contributed by atoms with Crippen molar-refractivity contribution in [3.05, 3.63) is 23.8 Å². The number of ether oxygens (including phenoxy) is 1. The Morgan fingerprint density at radius 3 is 2.60 bits per heavy atom. The molecule has 4 aliphatic carbocycles. The molecule has 4 fully saturated rings. The fourth-order valence-electron chi connectivity index (χ4n) is 9.81. The van der Waals surface area contributed by atoms with E-state index in [0.29, 0.717) is 36.9 Å². The minimum Gasteiger partial charge on any atom is -0.462 e. The first-order valence-corrected chi connectivity index (χ1v) is 13.7. The Bertz CT molecular complexity index is 979. The highest BCUT2D eigenvalue weighted by molar-refractivity contribution is 5.85. The first kappa shape index (κ1) is 25.2. The van der Waals surface area contributed by atoms with Gasteiger partial charge in [-0.15, -0.1) is 0 Å². The molecular weight excluding hydrogens is 440 g/mol. The predicted octanol–water partition coefficient (Wildman–Crippen LogP) is 6.53. The number of ketones is 1. The van der Waals surface area contributed by atoms with E-state index in [1.807, 2.05) is 6.92 Å². The Labute approximate surface area is 210 Å². The minimum atomic E-state index is -0.450. The molecule has 3 saturated carbocycles. The van der Waals surface area contributed by atoms with E-state index in [0.717, 1.165) is 37.7 Å². The lowest BCUT2D eigenvalue weighted by molar-refractivity contribution is -0.270. The van der Waals surface area contributed by atoms with Crippen LogP contribution in [0, 0.1) is 45.3 Å². The topological polar surface area (TPSA) is 72.8 Å². The van der Waals surface area contributed by atoms with Gasteiger partial charge in [0.1, 0.15) is 18.0 Å². The molecular formula is C30H44O5. The molecule has 1 saturated heterocycles. The van der Waals surface area contributed by atoms with Crippen molar-refractivity contribution in [2.75, 3.05) is 0 Å². The summed E-state index contributed by atoms with van der Waals surface area (Å²) in [4.78, 5) is 30.5. The molecule has 5 nitrogen and oxygen atoms in total. The number of hydrogen-bond donors (Lipinski definition) is 1. The Morgan fingerprint density at radius 2 is 1.94 bits per heavy atom. The van der Waals surface area contributed by atoms with Crippen LogP contribution in [-0.4, -0.2) is 29.2 Å². The molecule has 1 aliphatic heterocycles. The van der Waals surface area contributed by atoms with E-state index in [9.17, 15) is 14.8 Å². The zero-order chi connectivity index (χ0) is 25.6. The monoisotopic (exact) mass is 484 g/mol. The van der Waals surface area contributed by atoms with Crippen molar-refractivity contribution in [1.82, 2.24) is 0 Å². The molecule has 0 aromatic heterocycles. The van der Waals surface area contributed by atoms with Crippen molar-refractivity contribution in [3.8, 4) is 0 Å². The van der Waals surface area contributed by atoms with Gasteiger partial charge in [0.2, 0.25) is 0 Å². The van der Waals surface area contributed by atoms with Gasteiger partial charge < -0.3 is 4.74 Å². The highest BCUT2D eigenvalue weighted by Gasteiger charge is 2.71. The van der Waals surface area contributed by atoms with Crippen LogP contribution in [0.4, 0.5) is 0 Å². The fourth-order valence-corrected chi connectivity index (χ4v) is 9.81. The quantitative estimate of drug-likeness (QED) is 0.208. The molecule has 0 spiro atoms. The Morgan fingerprint density at radius 1 is 1.23 bits per heavy atom. The third-order valence-corrected chi connectivity index (χ3v) is 12.0. The van der Waals surface area contributed by atoms with Gasteiger partial charge in [-0.25, -0.2) is 4.89 Å². The highest BCUT2D eigenvalue weighted by Crippen LogP contribution is 2.74. The van der Waals surface area contributed by atoms with Gasteiger partial charge in [-0.1, -0.05) is 52.8 Å². The summed E-state index contributed by atoms with van der Waals surface area (Å²) in [5.41, 5.74) is 2.20. The number of fused-ring (bicyclic) bond motifs is 7. The van der Waals surface area contributed by atoms with Crippen molar-refractivity contribution in [2.45, 2.75) is 105 Å². The number of esters is 1. The molecule has 194 valence electrons. The fraction of sp³-hybridized carbons (Fsp3) is 0.800. The maximum Gasteiger partial charge on any atom is 0.309 e. The SMILES string of the molecule is C=C(C)[C@@H](CC[C@H]1C(=O)O[C@H]2C[C@]3(C)C4=CC[C@H]5C(C)(C)C(=O)CC[C@]5(C)[C@H]4CC[C@@]3(C)[C@@H]21)OO. The lowest BCUT2D eigenvalue weighted by Crippen LogP contribution is -2.57. The van der Waals surface area contributed by atoms with E-state index in [1.54, 1.807) is 5.57 Å². The summed E-state index contributed by atoms with van der Waals surface area (Å²) < 4.78 is 6.07. The highest BCUT2D eigenvalue weighted by atomic mass is 17.1. The summed E-state index contributed by atoms with van der Waals surface area (Å²) in [5.74, 6) is 1.24. The van der Waals surface area contributed by atoms with E-state index in [1.165, 1.54) is 0 Å². The number of Topliss-reactive ketones (excluding diaryl/α,β-unsaturated/α-hetero) is 1. The maximum absolute atomic E-state index is 13.0. The zero-order valence-corrected chi connectivity index (χ0v) is 22.5. The molecule has 0 amide bonds. The summed E-state index contributed by atoms with van der Waals surface area (Å²) in [6.07, 6.45) is 8.96. The molecule has 9 atom stereocenters. The Balaban J connectivity index is 1.47. The second-order valence-electron chi connectivity index (χ2n) is 13.8. The molecule has 1 N–H and O–H groups in total. The van der Waals surface area contributed by atoms with Crippen LogP contribution in [0.2, 0.25) is 0 Å². The molecule has 1 heterocycles. The third-order valence-electron chi connectivity index (χ3n) is 12.0. The van der Waals surface area contributed by atoms with E-state index in [-0.39, 0.29) is 45.6 Å². The Hall–Kier alpha value is -1.46. The first-order chi connectivity index (χ1) is 16.3. The average molecular weight is 485 g/mol. The Kier molecular flexibility index (Phi) is 5.77. The van der Waals surface area contributed by atoms with E-state index < -0.39 is 6.10 Å². The van der Waals surface area contributed by atoms with Crippen LogP contribution >= 0.6 is 0 Å². The van der Waals surface area contributed by atoms with Crippen LogP contribution in [0.1, 0.15) is 92.9 Å². The minimum absolute atomic E-state index is 0.00892. The summed E-state index contributed by atoms with van der Waals surface area (Å²) in [6.45, 7) is 17.4. The van der Waals surface area contributed by atoms with Gasteiger partial charge in [-0.05, 0) is 85.5 Å². The van der Waals surface area contributed by atoms with Gasteiger partial charge in [0, 0.05) is 17.8 Å². The number of carbonyl (C=O) groups excluding carboxylic acids is 2. The smallest absolute Gasteiger partial charge is 0.309 e. The molecule has 5 rings (SSSR count). The van der Waals surface area contributed by atoms with Crippen molar-refractivity contribution >= 4 is 11.8 Å². The standard InChI is InChI=1S/C30H44O5/c1-17(2)21(35-33)10-8-18-25-22(34-26(18)32)16-30(7)20-9-11-23-27(3,4)24(31)13-14-28(23,5)19(20)12-15-29(25,30)6/h9,18-19,21-23,25,33H,1,8,10-16H2,2-7H3/t18-,19+,21-,22+,23+,25-,28-,29+,30-/m1/s1. The van der Waals surface area contributed by atoms with Gasteiger partial charge >= 0.3 is 5.97 Å². The summed E-state index contributed by atoms with van der Waals surface area (Å²) in [6, 6.07) is 0. The van der Waals surface area contributed by atoms with E-state index in [4.69, 9.17) is 4.74 Å². The van der Waals surface area contributed by atoms with Gasteiger partial charge in [-0.2, -0.15) is 0 Å². The van der Waals surface area contributed by atoms with Crippen LogP contribution in [0.15, 0.2) is 23.8 Å². The van der Waals surface area contributed by atoms with Crippen molar-refractivity contribution in [1.29, 1.82) is 0 Å². The normalized spacial score (nSPS) is 46.6. The van der Waals surface area contributed by atoms with Gasteiger partial charge in [-0.3, -0.25) is 14.8 Å². The second kappa shape index (κ2) is 8.02. The second-order valence-corrected chi connectivity index (χ2v) is 13.8.